The highest BCUT2D eigenvalue weighted by molar-refractivity contribution is 7.99. The van der Waals surface area contributed by atoms with Gasteiger partial charge in [-0.05, 0) is 41.2 Å². The first-order valence-corrected chi connectivity index (χ1v) is 7.35. The Morgan fingerprint density at radius 3 is 2.72 bits per heavy atom. The van der Waals surface area contributed by atoms with E-state index in [-0.39, 0.29) is 11.3 Å². The van der Waals surface area contributed by atoms with Crippen LogP contribution in [0.2, 0.25) is 0 Å². The minimum atomic E-state index is -0.662. The fraction of sp³-hybridized carbons (Fsp3) is 0.533. The number of thioether (sulfide) groups is 1. The van der Waals surface area contributed by atoms with E-state index in [0.29, 0.717) is 6.42 Å². The van der Waals surface area contributed by atoms with Gasteiger partial charge in [0.1, 0.15) is 0 Å². The third kappa shape index (κ3) is 2.89. The van der Waals surface area contributed by atoms with Gasteiger partial charge in [0.15, 0.2) is 0 Å². The molecule has 98 valence electrons. The summed E-state index contributed by atoms with van der Waals surface area (Å²) in [6.07, 6.45) is 1.43. The van der Waals surface area contributed by atoms with Crippen molar-refractivity contribution in [1.29, 1.82) is 0 Å². The maximum absolute atomic E-state index is 11.2. The van der Waals surface area contributed by atoms with Crippen molar-refractivity contribution in [2.24, 2.45) is 5.92 Å². The number of carboxylic acid groups (broad SMARTS) is 1. The highest BCUT2D eigenvalue weighted by atomic mass is 32.2. The molecule has 0 fully saturated rings. The molecular weight excluding hydrogens is 244 g/mol. The summed E-state index contributed by atoms with van der Waals surface area (Å²) in [5, 5.41) is 9.21. The average Bonchev–Trinajstić information content (AvgIpc) is 2.48. The number of fused-ring (bicyclic) bond motifs is 1. The van der Waals surface area contributed by atoms with Crippen molar-refractivity contribution >= 4 is 17.7 Å². The van der Waals surface area contributed by atoms with Gasteiger partial charge < -0.3 is 5.11 Å². The molecule has 0 saturated carbocycles. The van der Waals surface area contributed by atoms with Crippen LogP contribution in [0.25, 0.3) is 0 Å². The standard InChI is InChI=1S/C15H20O2S/c1-15(2,3)12-4-5-13-11(9-12)8-10(14(16)17)6-7-18-13/h4-5,9-10H,6-8H2,1-3H3,(H,16,17). The van der Waals surface area contributed by atoms with E-state index in [0.717, 1.165) is 12.2 Å². The predicted molar refractivity (Wildman–Crippen MR) is 75.3 cm³/mol. The number of aliphatic carboxylic acids is 1. The zero-order valence-corrected chi connectivity index (χ0v) is 12.0. The quantitative estimate of drug-likeness (QED) is 0.840. The van der Waals surface area contributed by atoms with Gasteiger partial charge in [0.2, 0.25) is 0 Å². The fourth-order valence-corrected chi connectivity index (χ4v) is 3.35. The van der Waals surface area contributed by atoms with Gasteiger partial charge in [0.05, 0.1) is 5.92 Å². The average molecular weight is 264 g/mol. The van der Waals surface area contributed by atoms with Crippen molar-refractivity contribution in [2.75, 3.05) is 5.75 Å². The molecule has 1 aromatic rings. The van der Waals surface area contributed by atoms with Gasteiger partial charge in [0, 0.05) is 4.90 Å². The summed E-state index contributed by atoms with van der Waals surface area (Å²) >= 11 is 1.79. The Balaban J connectivity index is 2.36. The number of hydrogen-bond donors (Lipinski definition) is 1. The summed E-state index contributed by atoms with van der Waals surface area (Å²) < 4.78 is 0. The second kappa shape index (κ2) is 4.96. The molecule has 0 bridgehead atoms. The Kier molecular flexibility index (Phi) is 3.71. The van der Waals surface area contributed by atoms with Crippen molar-refractivity contribution in [2.45, 2.75) is 43.9 Å². The van der Waals surface area contributed by atoms with Gasteiger partial charge in [-0.2, -0.15) is 0 Å². The number of carboxylic acids is 1. The second-order valence-electron chi connectivity index (χ2n) is 5.95. The maximum atomic E-state index is 11.2. The Morgan fingerprint density at radius 1 is 1.39 bits per heavy atom. The Bertz CT molecular complexity index is 460. The first-order valence-electron chi connectivity index (χ1n) is 6.37. The molecule has 0 spiro atoms. The first-order chi connectivity index (χ1) is 8.38. The van der Waals surface area contributed by atoms with Crippen molar-refractivity contribution < 1.29 is 9.90 Å². The summed E-state index contributed by atoms with van der Waals surface area (Å²) in [4.78, 5) is 12.4. The van der Waals surface area contributed by atoms with Gasteiger partial charge in [-0.1, -0.05) is 32.9 Å². The molecule has 1 heterocycles. The van der Waals surface area contributed by atoms with E-state index in [4.69, 9.17) is 0 Å². The monoisotopic (exact) mass is 264 g/mol. The summed E-state index contributed by atoms with van der Waals surface area (Å²) in [5.74, 6) is 0.0114. The number of carbonyl (C=O) groups is 1. The molecule has 1 aliphatic rings. The van der Waals surface area contributed by atoms with Crippen LogP contribution in [0.5, 0.6) is 0 Å². The van der Waals surface area contributed by atoms with Crippen LogP contribution < -0.4 is 0 Å². The van der Waals surface area contributed by atoms with E-state index in [1.165, 1.54) is 16.0 Å². The second-order valence-corrected chi connectivity index (χ2v) is 7.09. The van der Waals surface area contributed by atoms with Crippen LogP contribution in [0.3, 0.4) is 0 Å². The fourth-order valence-electron chi connectivity index (χ4n) is 2.24. The normalized spacial score (nSPS) is 20.1. The van der Waals surface area contributed by atoms with E-state index in [2.05, 4.69) is 39.0 Å². The zero-order chi connectivity index (χ0) is 13.3. The molecule has 2 nitrogen and oxygen atoms in total. The Labute approximate surface area is 113 Å². The SMILES string of the molecule is CC(C)(C)c1ccc2c(c1)CC(C(=O)O)CCS2. The molecule has 0 radical (unpaired) electrons. The van der Waals surface area contributed by atoms with Crippen molar-refractivity contribution in [3.8, 4) is 0 Å². The highest BCUT2D eigenvalue weighted by Crippen LogP contribution is 2.34. The summed E-state index contributed by atoms with van der Waals surface area (Å²) in [5.41, 5.74) is 2.61. The van der Waals surface area contributed by atoms with Gasteiger partial charge >= 0.3 is 5.97 Å². The van der Waals surface area contributed by atoms with Gasteiger partial charge in [0.25, 0.3) is 0 Å². The highest BCUT2D eigenvalue weighted by Gasteiger charge is 2.24. The molecule has 1 unspecified atom stereocenters. The molecular formula is C15H20O2S. The summed E-state index contributed by atoms with van der Waals surface area (Å²) in [7, 11) is 0. The number of hydrogen-bond acceptors (Lipinski definition) is 2. The lowest BCUT2D eigenvalue weighted by Crippen LogP contribution is -2.17. The van der Waals surface area contributed by atoms with E-state index < -0.39 is 5.97 Å². The smallest absolute Gasteiger partial charge is 0.306 e. The van der Waals surface area contributed by atoms with Crippen molar-refractivity contribution in [1.82, 2.24) is 0 Å². The van der Waals surface area contributed by atoms with Crippen LogP contribution in [0.4, 0.5) is 0 Å². The van der Waals surface area contributed by atoms with Crippen LogP contribution in [-0.2, 0) is 16.6 Å². The van der Waals surface area contributed by atoms with Gasteiger partial charge in [-0.3, -0.25) is 4.79 Å². The largest absolute Gasteiger partial charge is 0.481 e. The van der Waals surface area contributed by atoms with Gasteiger partial charge in [-0.25, -0.2) is 0 Å². The van der Waals surface area contributed by atoms with Gasteiger partial charge in [-0.15, -0.1) is 11.8 Å². The van der Waals surface area contributed by atoms with E-state index in [1.54, 1.807) is 11.8 Å². The lowest BCUT2D eigenvalue weighted by atomic mass is 9.85. The molecule has 1 N–H and O–H groups in total. The number of benzene rings is 1. The maximum Gasteiger partial charge on any atom is 0.306 e. The van der Waals surface area contributed by atoms with Crippen LogP contribution in [0, 0.1) is 5.92 Å². The van der Waals surface area contributed by atoms with Crippen molar-refractivity contribution in [3.63, 3.8) is 0 Å². The molecule has 2 rings (SSSR count). The molecule has 1 aromatic carbocycles. The summed E-state index contributed by atoms with van der Waals surface area (Å²) in [6.45, 7) is 6.56. The molecule has 0 amide bonds. The Hall–Kier alpha value is -0.960. The topological polar surface area (TPSA) is 37.3 Å². The van der Waals surface area contributed by atoms with Crippen LogP contribution in [-0.4, -0.2) is 16.8 Å². The molecule has 18 heavy (non-hydrogen) atoms. The number of rotatable bonds is 1. The minimum Gasteiger partial charge on any atom is -0.481 e. The van der Waals surface area contributed by atoms with Crippen LogP contribution in [0.15, 0.2) is 23.1 Å². The third-order valence-corrected chi connectivity index (χ3v) is 4.62. The lowest BCUT2D eigenvalue weighted by molar-refractivity contribution is -0.141. The van der Waals surface area contributed by atoms with E-state index in [1.807, 2.05) is 0 Å². The van der Waals surface area contributed by atoms with E-state index >= 15 is 0 Å². The zero-order valence-electron chi connectivity index (χ0n) is 11.2. The minimum absolute atomic E-state index is 0.116. The van der Waals surface area contributed by atoms with E-state index in [9.17, 15) is 9.90 Å². The molecule has 0 saturated heterocycles. The molecule has 1 aliphatic heterocycles. The first kappa shape index (κ1) is 13.5. The van der Waals surface area contributed by atoms with Crippen molar-refractivity contribution in [3.05, 3.63) is 29.3 Å². The van der Waals surface area contributed by atoms with Crippen LogP contribution in [0.1, 0.15) is 38.3 Å². The lowest BCUT2D eigenvalue weighted by Gasteiger charge is -2.21. The molecule has 1 atom stereocenters. The van der Waals surface area contributed by atoms with Crippen LogP contribution >= 0.6 is 11.8 Å². The molecule has 0 aliphatic carbocycles. The molecule has 3 heteroatoms. The molecule has 0 aromatic heterocycles. The summed E-state index contributed by atoms with van der Waals surface area (Å²) in [6, 6.07) is 6.53. The third-order valence-electron chi connectivity index (χ3n) is 3.47. The Morgan fingerprint density at radius 2 is 2.11 bits per heavy atom. The predicted octanol–water partition coefficient (Wildman–Crippen LogP) is 3.72.